The first-order valence-corrected chi connectivity index (χ1v) is 9.33. The number of ether oxygens (including phenoxy) is 2. The number of aliphatic hydroxyl groups is 1. The minimum absolute atomic E-state index is 0.229. The predicted octanol–water partition coefficient (Wildman–Crippen LogP) is 1.80. The van der Waals surface area contributed by atoms with Gasteiger partial charge >= 0.3 is 7.60 Å². The lowest BCUT2D eigenvalue weighted by Crippen LogP contribution is -2.48. The van der Waals surface area contributed by atoms with Crippen molar-refractivity contribution in [2.45, 2.75) is 37.3 Å². The highest BCUT2D eigenvalue weighted by atomic mass is 31.2. The summed E-state index contributed by atoms with van der Waals surface area (Å²) in [4.78, 5) is 18.0. The van der Waals surface area contributed by atoms with E-state index in [1.165, 1.54) is 7.11 Å². The van der Waals surface area contributed by atoms with Gasteiger partial charge in [0.05, 0.1) is 18.4 Å². The normalized spacial score (nSPS) is 29.0. The van der Waals surface area contributed by atoms with Gasteiger partial charge < -0.3 is 24.4 Å². The van der Waals surface area contributed by atoms with Gasteiger partial charge in [0, 0.05) is 13.5 Å². The highest BCUT2D eigenvalue weighted by Gasteiger charge is 2.37. The predicted molar refractivity (Wildman–Crippen MR) is 87.1 cm³/mol. The number of hydrogen-bond donors (Lipinski definition) is 3. The lowest BCUT2D eigenvalue weighted by atomic mass is 9.95. The maximum atomic E-state index is 11.0. The second-order valence-corrected chi connectivity index (χ2v) is 7.45. The number of rotatable bonds is 6. The summed E-state index contributed by atoms with van der Waals surface area (Å²) in [7, 11) is -2.55. The molecule has 128 valence electrons. The first-order valence-electron chi connectivity index (χ1n) is 7.53. The number of benzene rings is 1. The quantitative estimate of drug-likeness (QED) is 0.682. The fourth-order valence-electron chi connectivity index (χ4n) is 2.63. The molecule has 1 aliphatic rings. The van der Waals surface area contributed by atoms with Crippen LogP contribution in [-0.2, 0) is 14.0 Å². The van der Waals surface area contributed by atoms with E-state index in [2.05, 4.69) is 0 Å². The van der Waals surface area contributed by atoms with E-state index in [9.17, 15) is 9.67 Å². The molecule has 3 N–H and O–H groups in total. The van der Waals surface area contributed by atoms with Crippen LogP contribution in [0.5, 0.6) is 0 Å². The van der Waals surface area contributed by atoms with Crippen molar-refractivity contribution in [1.82, 2.24) is 0 Å². The molecule has 0 aromatic heterocycles. The van der Waals surface area contributed by atoms with E-state index in [4.69, 9.17) is 19.3 Å². The van der Waals surface area contributed by atoms with Crippen LogP contribution in [0.3, 0.4) is 0 Å². The summed E-state index contributed by atoms with van der Waals surface area (Å²) in [6.45, 7) is 0. The van der Waals surface area contributed by atoms with Gasteiger partial charge in [0.25, 0.3) is 0 Å². The largest absolute Gasteiger partial charge is 0.387 e. The minimum Gasteiger partial charge on any atom is -0.387 e. The van der Waals surface area contributed by atoms with Crippen molar-refractivity contribution in [3.05, 3.63) is 42.0 Å². The van der Waals surface area contributed by atoms with Crippen molar-refractivity contribution in [1.29, 1.82) is 0 Å². The molecule has 0 spiro atoms. The van der Waals surface area contributed by atoms with Crippen LogP contribution in [0.2, 0.25) is 0 Å². The SMILES string of the molecule is COC1CC(CCP(=O)(O)O)OC(/C=C/c2ccccc2)C1O. The molecule has 0 radical (unpaired) electrons. The maximum Gasteiger partial charge on any atom is 0.325 e. The molecular weight excluding hydrogens is 319 g/mol. The van der Waals surface area contributed by atoms with Gasteiger partial charge in [0.1, 0.15) is 12.2 Å². The van der Waals surface area contributed by atoms with Gasteiger partial charge in [-0.1, -0.05) is 42.5 Å². The third kappa shape index (κ3) is 5.84. The molecule has 0 bridgehead atoms. The van der Waals surface area contributed by atoms with E-state index < -0.39 is 25.9 Å². The van der Waals surface area contributed by atoms with Gasteiger partial charge in [0.15, 0.2) is 0 Å². The molecule has 2 rings (SSSR count). The highest BCUT2D eigenvalue weighted by Crippen LogP contribution is 2.37. The van der Waals surface area contributed by atoms with Crippen molar-refractivity contribution in [3.8, 4) is 0 Å². The van der Waals surface area contributed by atoms with Gasteiger partial charge in [-0.2, -0.15) is 0 Å². The second kappa shape index (κ2) is 8.20. The van der Waals surface area contributed by atoms with Gasteiger partial charge in [-0.15, -0.1) is 0 Å². The Bertz CT molecular complexity index is 555. The van der Waals surface area contributed by atoms with E-state index in [1.54, 1.807) is 6.08 Å². The zero-order valence-electron chi connectivity index (χ0n) is 13.0. The van der Waals surface area contributed by atoms with E-state index in [0.717, 1.165) is 5.56 Å². The van der Waals surface area contributed by atoms with E-state index in [1.807, 2.05) is 36.4 Å². The Morgan fingerprint density at radius 2 is 2.04 bits per heavy atom. The van der Waals surface area contributed by atoms with E-state index >= 15 is 0 Å². The third-order valence-electron chi connectivity index (χ3n) is 3.89. The van der Waals surface area contributed by atoms with Crippen molar-refractivity contribution < 1.29 is 28.9 Å². The molecule has 1 fully saturated rings. The van der Waals surface area contributed by atoms with E-state index in [-0.39, 0.29) is 18.7 Å². The van der Waals surface area contributed by atoms with Crippen LogP contribution in [0, 0.1) is 0 Å². The van der Waals surface area contributed by atoms with E-state index in [0.29, 0.717) is 6.42 Å². The molecule has 4 unspecified atom stereocenters. The lowest BCUT2D eigenvalue weighted by Gasteiger charge is -2.37. The number of aliphatic hydroxyl groups excluding tert-OH is 1. The first kappa shape index (κ1) is 18.3. The Balaban J connectivity index is 2.04. The minimum atomic E-state index is -4.06. The lowest BCUT2D eigenvalue weighted by molar-refractivity contribution is -0.160. The first-order chi connectivity index (χ1) is 10.9. The van der Waals surface area contributed by atoms with Gasteiger partial charge in [0.2, 0.25) is 0 Å². The Morgan fingerprint density at radius 1 is 1.35 bits per heavy atom. The Labute approximate surface area is 135 Å². The molecule has 1 aromatic carbocycles. The summed E-state index contributed by atoms with van der Waals surface area (Å²) in [6.07, 6.45) is 1.85. The van der Waals surface area contributed by atoms with Crippen LogP contribution in [0.4, 0.5) is 0 Å². The smallest absolute Gasteiger partial charge is 0.325 e. The molecule has 6 nitrogen and oxygen atoms in total. The molecule has 23 heavy (non-hydrogen) atoms. The summed E-state index contributed by atoms with van der Waals surface area (Å²) >= 11 is 0. The van der Waals surface area contributed by atoms with Gasteiger partial charge in [-0.05, 0) is 12.0 Å². The Hall–Kier alpha value is -1.01. The molecule has 0 saturated carbocycles. The zero-order valence-corrected chi connectivity index (χ0v) is 13.9. The molecule has 1 heterocycles. The van der Waals surface area contributed by atoms with Gasteiger partial charge in [-0.3, -0.25) is 4.57 Å². The van der Waals surface area contributed by atoms with Gasteiger partial charge in [-0.25, -0.2) is 0 Å². The second-order valence-electron chi connectivity index (χ2n) is 5.67. The molecule has 0 aliphatic carbocycles. The van der Waals surface area contributed by atoms with Crippen LogP contribution in [-0.4, -0.2) is 52.6 Å². The van der Waals surface area contributed by atoms with Crippen molar-refractivity contribution in [2.24, 2.45) is 0 Å². The average Bonchev–Trinajstić information content (AvgIpc) is 2.53. The van der Waals surface area contributed by atoms with Crippen LogP contribution >= 0.6 is 7.60 Å². The molecule has 1 aliphatic heterocycles. The Morgan fingerprint density at radius 3 is 2.65 bits per heavy atom. The monoisotopic (exact) mass is 342 g/mol. The summed E-state index contributed by atoms with van der Waals surface area (Å²) < 4.78 is 22.1. The Kier molecular flexibility index (Phi) is 6.53. The summed E-state index contributed by atoms with van der Waals surface area (Å²) in [5.41, 5.74) is 0.981. The zero-order chi connectivity index (χ0) is 16.9. The van der Waals surface area contributed by atoms with Crippen molar-refractivity contribution in [2.75, 3.05) is 13.3 Å². The van der Waals surface area contributed by atoms with Crippen LogP contribution in [0.1, 0.15) is 18.4 Å². The highest BCUT2D eigenvalue weighted by molar-refractivity contribution is 7.51. The average molecular weight is 342 g/mol. The maximum absolute atomic E-state index is 11.0. The summed E-state index contributed by atoms with van der Waals surface area (Å²) in [6, 6.07) is 9.62. The number of methoxy groups -OCH3 is 1. The molecule has 1 saturated heterocycles. The molecule has 1 aromatic rings. The molecular formula is C16H23O6P. The molecule has 4 atom stereocenters. The van der Waals surface area contributed by atoms with Crippen molar-refractivity contribution in [3.63, 3.8) is 0 Å². The molecule has 7 heteroatoms. The summed E-state index contributed by atoms with van der Waals surface area (Å²) in [5.74, 6) is 0. The summed E-state index contributed by atoms with van der Waals surface area (Å²) in [5, 5.41) is 10.3. The van der Waals surface area contributed by atoms with Crippen LogP contribution in [0.15, 0.2) is 36.4 Å². The molecule has 0 amide bonds. The van der Waals surface area contributed by atoms with Crippen LogP contribution < -0.4 is 0 Å². The van der Waals surface area contributed by atoms with Crippen LogP contribution in [0.25, 0.3) is 6.08 Å². The number of hydrogen-bond acceptors (Lipinski definition) is 4. The fourth-order valence-corrected chi connectivity index (χ4v) is 3.26. The third-order valence-corrected chi connectivity index (χ3v) is 4.73. The standard InChI is InChI=1S/C16H23O6P/c1-21-15-11-13(9-10-23(18,19)20)22-14(16(15)17)8-7-12-5-3-2-4-6-12/h2-8,13-17H,9-11H2,1H3,(H2,18,19,20)/b8-7+. The van der Waals surface area contributed by atoms with Crippen molar-refractivity contribution >= 4 is 13.7 Å². The fraction of sp³-hybridized carbons (Fsp3) is 0.500. The topological polar surface area (TPSA) is 96.2 Å².